The lowest BCUT2D eigenvalue weighted by atomic mass is 10.1. The van der Waals surface area contributed by atoms with Crippen LogP contribution in [0.5, 0.6) is 5.75 Å². The highest BCUT2D eigenvalue weighted by atomic mass is 16.5. The SMILES string of the molecule is CNC(=O)CN(C)C(=O)c1ccc(OC)c(N)c1. The van der Waals surface area contributed by atoms with Crippen molar-refractivity contribution < 1.29 is 14.3 Å². The second kappa shape index (κ2) is 5.90. The largest absolute Gasteiger partial charge is 0.495 e. The van der Waals surface area contributed by atoms with Crippen LogP contribution in [0.25, 0.3) is 0 Å². The number of ether oxygens (including phenoxy) is 1. The van der Waals surface area contributed by atoms with Gasteiger partial charge in [0.25, 0.3) is 5.91 Å². The zero-order chi connectivity index (χ0) is 13.7. The summed E-state index contributed by atoms with van der Waals surface area (Å²) in [5.41, 5.74) is 6.52. The molecular formula is C12H17N3O3. The molecule has 0 heterocycles. The summed E-state index contributed by atoms with van der Waals surface area (Å²) in [5, 5.41) is 2.45. The molecular weight excluding hydrogens is 234 g/mol. The normalized spacial score (nSPS) is 9.72. The first-order valence-corrected chi connectivity index (χ1v) is 5.39. The zero-order valence-electron chi connectivity index (χ0n) is 10.7. The van der Waals surface area contributed by atoms with Gasteiger partial charge in [-0.3, -0.25) is 9.59 Å². The number of anilines is 1. The highest BCUT2D eigenvalue weighted by Gasteiger charge is 2.15. The fourth-order valence-electron chi connectivity index (χ4n) is 1.45. The Morgan fingerprint density at radius 2 is 2.11 bits per heavy atom. The minimum Gasteiger partial charge on any atom is -0.495 e. The second-order valence-corrected chi connectivity index (χ2v) is 3.79. The van der Waals surface area contributed by atoms with Gasteiger partial charge in [-0.2, -0.15) is 0 Å². The first-order valence-electron chi connectivity index (χ1n) is 5.39. The van der Waals surface area contributed by atoms with E-state index in [1.165, 1.54) is 25.1 Å². The molecule has 0 fully saturated rings. The van der Waals surface area contributed by atoms with E-state index in [1.807, 2.05) is 0 Å². The van der Waals surface area contributed by atoms with Crippen molar-refractivity contribution in [3.63, 3.8) is 0 Å². The van der Waals surface area contributed by atoms with Crippen molar-refractivity contribution in [2.24, 2.45) is 0 Å². The predicted octanol–water partition coefficient (Wildman–Crippen LogP) is 0.0954. The molecule has 0 spiro atoms. The number of methoxy groups -OCH3 is 1. The van der Waals surface area contributed by atoms with E-state index < -0.39 is 0 Å². The fraction of sp³-hybridized carbons (Fsp3) is 0.333. The molecule has 98 valence electrons. The molecule has 0 bridgehead atoms. The van der Waals surface area contributed by atoms with Crippen molar-refractivity contribution in [1.82, 2.24) is 10.2 Å². The number of nitrogens with two attached hydrogens (primary N) is 1. The van der Waals surface area contributed by atoms with E-state index in [1.54, 1.807) is 19.2 Å². The number of nitrogens with one attached hydrogen (secondary N) is 1. The summed E-state index contributed by atoms with van der Waals surface area (Å²) in [6.45, 7) is 0.00126. The third-order valence-electron chi connectivity index (χ3n) is 2.48. The van der Waals surface area contributed by atoms with Gasteiger partial charge in [0.05, 0.1) is 19.3 Å². The van der Waals surface area contributed by atoms with Gasteiger partial charge in [-0.1, -0.05) is 0 Å². The molecule has 1 rings (SSSR count). The van der Waals surface area contributed by atoms with Crippen LogP contribution in [0.2, 0.25) is 0 Å². The molecule has 0 saturated heterocycles. The molecule has 6 nitrogen and oxygen atoms in total. The van der Waals surface area contributed by atoms with E-state index in [-0.39, 0.29) is 18.4 Å². The van der Waals surface area contributed by atoms with Gasteiger partial charge in [-0.15, -0.1) is 0 Å². The number of hydrogen-bond donors (Lipinski definition) is 2. The van der Waals surface area contributed by atoms with Crippen LogP contribution in [0, 0.1) is 0 Å². The van der Waals surface area contributed by atoms with E-state index in [9.17, 15) is 9.59 Å². The number of nitrogens with zero attached hydrogens (tertiary/aromatic N) is 1. The molecule has 0 aliphatic carbocycles. The Kier molecular flexibility index (Phi) is 4.53. The molecule has 18 heavy (non-hydrogen) atoms. The Labute approximate surface area is 106 Å². The summed E-state index contributed by atoms with van der Waals surface area (Å²) in [6, 6.07) is 4.76. The number of benzene rings is 1. The van der Waals surface area contributed by atoms with Crippen LogP contribution >= 0.6 is 0 Å². The Bertz CT molecular complexity index is 460. The first kappa shape index (κ1) is 13.8. The lowest BCUT2D eigenvalue weighted by Crippen LogP contribution is -2.36. The maximum Gasteiger partial charge on any atom is 0.254 e. The van der Waals surface area contributed by atoms with Gasteiger partial charge >= 0.3 is 0 Å². The summed E-state index contributed by atoms with van der Waals surface area (Å²) in [7, 11) is 4.58. The molecule has 1 aromatic rings. The number of amides is 2. The predicted molar refractivity (Wildman–Crippen MR) is 68.4 cm³/mol. The fourth-order valence-corrected chi connectivity index (χ4v) is 1.45. The van der Waals surface area contributed by atoms with Crippen molar-refractivity contribution in [2.45, 2.75) is 0 Å². The molecule has 3 N–H and O–H groups in total. The van der Waals surface area contributed by atoms with E-state index in [0.717, 1.165) is 0 Å². The minimum absolute atomic E-state index is 0.00126. The highest BCUT2D eigenvalue weighted by Crippen LogP contribution is 2.22. The van der Waals surface area contributed by atoms with Crippen LogP contribution in [0.4, 0.5) is 5.69 Å². The van der Waals surface area contributed by atoms with Gasteiger partial charge < -0.3 is 20.7 Å². The van der Waals surface area contributed by atoms with Gasteiger partial charge in [0, 0.05) is 19.7 Å². The van der Waals surface area contributed by atoms with E-state index >= 15 is 0 Å². The Morgan fingerprint density at radius 3 is 2.61 bits per heavy atom. The Morgan fingerprint density at radius 1 is 1.44 bits per heavy atom. The quantitative estimate of drug-likeness (QED) is 0.743. The molecule has 2 amide bonds. The van der Waals surface area contributed by atoms with E-state index in [2.05, 4.69) is 5.32 Å². The third-order valence-corrected chi connectivity index (χ3v) is 2.48. The number of carbonyl (C=O) groups excluding carboxylic acids is 2. The maximum atomic E-state index is 12.0. The topological polar surface area (TPSA) is 84.7 Å². The summed E-state index contributed by atoms with van der Waals surface area (Å²) in [5.74, 6) is 0.0146. The van der Waals surface area contributed by atoms with Crippen LogP contribution < -0.4 is 15.8 Å². The van der Waals surface area contributed by atoms with Crippen LogP contribution in [0.3, 0.4) is 0 Å². The van der Waals surface area contributed by atoms with E-state index in [4.69, 9.17) is 10.5 Å². The average Bonchev–Trinajstić information content (AvgIpc) is 2.37. The first-order chi connectivity index (χ1) is 8.49. The Balaban J connectivity index is 2.84. The van der Waals surface area contributed by atoms with Crippen LogP contribution in [0.1, 0.15) is 10.4 Å². The van der Waals surface area contributed by atoms with Gasteiger partial charge in [0.15, 0.2) is 0 Å². The highest BCUT2D eigenvalue weighted by molar-refractivity contribution is 5.97. The number of likely N-dealkylation sites (N-methyl/N-ethyl adjacent to an activating group) is 2. The molecule has 1 aromatic carbocycles. The van der Waals surface area contributed by atoms with Crippen LogP contribution in [-0.2, 0) is 4.79 Å². The molecule has 0 aliphatic heterocycles. The maximum absolute atomic E-state index is 12.0. The van der Waals surface area contributed by atoms with Crippen molar-refractivity contribution >= 4 is 17.5 Å². The van der Waals surface area contributed by atoms with Gasteiger partial charge in [-0.25, -0.2) is 0 Å². The zero-order valence-corrected chi connectivity index (χ0v) is 10.7. The van der Waals surface area contributed by atoms with Gasteiger partial charge in [-0.05, 0) is 18.2 Å². The molecule has 0 saturated carbocycles. The smallest absolute Gasteiger partial charge is 0.254 e. The molecule has 0 atom stereocenters. The lowest BCUT2D eigenvalue weighted by molar-refractivity contribution is -0.121. The second-order valence-electron chi connectivity index (χ2n) is 3.79. The monoisotopic (exact) mass is 251 g/mol. The van der Waals surface area contributed by atoms with Crippen LogP contribution in [0.15, 0.2) is 18.2 Å². The van der Waals surface area contributed by atoms with Crippen molar-refractivity contribution in [2.75, 3.05) is 33.5 Å². The van der Waals surface area contributed by atoms with Crippen molar-refractivity contribution in [1.29, 1.82) is 0 Å². The summed E-state index contributed by atoms with van der Waals surface area (Å²) in [6.07, 6.45) is 0. The molecule has 0 aliphatic rings. The standard InChI is InChI=1S/C12H17N3O3/c1-14-11(16)7-15(2)12(17)8-4-5-10(18-3)9(13)6-8/h4-6H,7,13H2,1-3H3,(H,14,16). The summed E-state index contributed by atoms with van der Waals surface area (Å²) >= 11 is 0. The third kappa shape index (κ3) is 3.13. The molecule has 0 radical (unpaired) electrons. The van der Waals surface area contributed by atoms with Crippen LogP contribution in [-0.4, -0.2) is 44.5 Å². The summed E-state index contributed by atoms with van der Waals surface area (Å²) < 4.78 is 5.01. The molecule has 6 heteroatoms. The molecule has 0 aromatic heterocycles. The number of hydrogen-bond acceptors (Lipinski definition) is 4. The van der Waals surface area contributed by atoms with E-state index in [0.29, 0.717) is 17.0 Å². The number of rotatable bonds is 4. The number of nitrogen functional groups attached to an aromatic ring is 1. The average molecular weight is 251 g/mol. The Hall–Kier alpha value is -2.24. The lowest BCUT2D eigenvalue weighted by Gasteiger charge is -2.16. The van der Waals surface area contributed by atoms with Crippen molar-refractivity contribution in [3.8, 4) is 5.75 Å². The van der Waals surface area contributed by atoms with Gasteiger partial charge in [0.2, 0.25) is 5.91 Å². The number of carbonyl (C=O) groups is 2. The van der Waals surface area contributed by atoms with Crippen molar-refractivity contribution in [3.05, 3.63) is 23.8 Å². The summed E-state index contributed by atoms with van der Waals surface area (Å²) in [4.78, 5) is 24.5. The molecule has 0 unspecified atom stereocenters. The minimum atomic E-state index is -0.270. The van der Waals surface area contributed by atoms with Gasteiger partial charge in [0.1, 0.15) is 5.75 Å².